The highest BCUT2D eigenvalue weighted by molar-refractivity contribution is 5.69. The highest BCUT2D eigenvalue weighted by atomic mass is 16.5. The van der Waals surface area contributed by atoms with E-state index >= 15 is 0 Å². The summed E-state index contributed by atoms with van der Waals surface area (Å²) in [7, 11) is 0. The second-order valence-electron chi connectivity index (χ2n) is 2.35. The minimum atomic E-state index is -0.152. The highest BCUT2D eigenvalue weighted by Crippen LogP contribution is 1.99. The standard InChI is InChI=1S/C7H15NO2/c1-3-10-7(9)4-6(2)5-8/h6H,3-5,8H2,1-2H3. The Kier molecular flexibility index (Phi) is 4.94. The van der Waals surface area contributed by atoms with Gasteiger partial charge in [0.25, 0.3) is 0 Å². The van der Waals surface area contributed by atoms with Gasteiger partial charge in [0.05, 0.1) is 6.61 Å². The summed E-state index contributed by atoms with van der Waals surface area (Å²) in [6.45, 7) is 4.72. The lowest BCUT2D eigenvalue weighted by molar-refractivity contribution is -0.144. The fourth-order valence-electron chi connectivity index (χ4n) is 0.588. The molecule has 2 N–H and O–H groups in total. The van der Waals surface area contributed by atoms with Crippen molar-refractivity contribution in [2.75, 3.05) is 13.2 Å². The fourth-order valence-corrected chi connectivity index (χ4v) is 0.588. The van der Waals surface area contributed by atoms with Gasteiger partial charge < -0.3 is 10.5 Å². The molecule has 0 aromatic carbocycles. The van der Waals surface area contributed by atoms with E-state index in [4.69, 9.17) is 10.5 Å². The molecule has 60 valence electrons. The van der Waals surface area contributed by atoms with Crippen LogP contribution in [0.1, 0.15) is 20.3 Å². The van der Waals surface area contributed by atoms with Crippen LogP contribution in [0.25, 0.3) is 0 Å². The van der Waals surface area contributed by atoms with Gasteiger partial charge in [-0.15, -0.1) is 0 Å². The van der Waals surface area contributed by atoms with Crippen molar-refractivity contribution in [2.45, 2.75) is 20.3 Å². The van der Waals surface area contributed by atoms with Crippen LogP contribution in [0.2, 0.25) is 0 Å². The van der Waals surface area contributed by atoms with E-state index in [0.29, 0.717) is 19.6 Å². The van der Waals surface area contributed by atoms with E-state index in [9.17, 15) is 4.79 Å². The predicted molar refractivity (Wildman–Crippen MR) is 39.5 cm³/mol. The molecular formula is C7H15NO2. The van der Waals surface area contributed by atoms with Crippen LogP contribution < -0.4 is 5.73 Å². The van der Waals surface area contributed by atoms with Gasteiger partial charge in [-0.05, 0) is 19.4 Å². The van der Waals surface area contributed by atoms with Gasteiger partial charge >= 0.3 is 5.97 Å². The molecule has 3 nitrogen and oxygen atoms in total. The zero-order valence-electron chi connectivity index (χ0n) is 6.59. The molecule has 0 aromatic heterocycles. The molecule has 0 aromatic rings. The van der Waals surface area contributed by atoms with Crippen molar-refractivity contribution < 1.29 is 9.53 Å². The van der Waals surface area contributed by atoms with Crippen molar-refractivity contribution in [3.63, 3.8) is 0 Å². The van der Waals surface area contributed by atoms with Gasteiger partial charge in [0.15, 0.2) is 0 Å². The average molecular weight is 145 g/mol. The average Bonchev–Trinajstić information content (AvgIpc) is 1.88. The van der Waals surface area contributed by atoms with Crippen molar-refractivity contribution in [3.05, 3.63) is 0 Å². The Hall–Kier alpha value is -0.570. The zero-order valence-corrected chi connectivity index (χ0v) is 6.59. The van der Waals surface area contributed by atoms with Crippen LogP contribution in [0.4, 0.5) is 0 Å². The van der Waals surface area contributed by atoms with Crippen molar-refractivity contribution in [1.29, 1.82) is 0 Å². The van der Waals surface area contributed by atoms with E-state index in [0.717, 1.165) is 0 Å². The Morgan fingerprint density at radius 2 is 2.30 bits per heavy atom. The Labute approximate surface area is 61.5 Å². The van der Waals surface area contributed by atoms with Gasteiger partial charge in [-0.25, -0.2) is 0 Å². The molecule has 0 bridgehead atoms. The summed E-state index contributed by atoms with van der Waals surface area (Å²) in [5.74, 6) is 0.0829. The van der Waals surface area contributed by atoms with Crippen LogP contribution in [0.5, 0.6) is 0 Å². The number of nitrogens with two attached hydrogens (primary N) is 1. The van der Waals surface area contributed by atoms with Crippen molar-refractivity contribution in [2.24, 2.45) is 11.7 Å². The molecule has 1 unspecified atom stereocenters. The van der Waals surface area contributed by atoms with Crippen LogP contribution in [-0.4, -0.2) is 19.1 Å². The summed E-state index contributed by atoms with van der Waals surface area (Å²) in [5.41, 5.74) is 5.31. The maximum atomic E-state index is 10.7. The summed E-state index contributed by atoms with van der Waals surface area (Å²) < 4.78 is 4.72. The smallest absolute Gasteiger partial charge is 0.306 e. The largest absolute Gasteiger partial charge is 0.466 e. The molecular weight excluding hydrogens is 130 g/mol. The minimum absolute atomic E-state index is 0.152. The molecule has 10 heavy (non-hydrogen) atoms. The summed E-state index contributed by atoms with van der Waals surface area (Å²) >= 11 is 0. The topological polar surface area (TPSA) is 52.3 Å². The first-order valence-electron chi connectivity index (χ1n) is 3.56. The Bertz CT molecular complexity index is 104. The molecule has 0 aliphatic rings. The third-order valence-electron chi connectivity index (χ3n) is 1.22. The summed E-state index contributed by atoms with van der Waals surface area (Å²) in [4.78, 5) is 10.7. The molecule has 0 rings (SSSR count). The number of rotatable bonds is 4. The fraction of sp³-hybridized carbons (Fsp3) is 0.857. The highest BCUT2D eigenvalue weighted by Gasteiger charge is 2.06. The third kappa shape index (κ3) is 4.32. The quantitative estimate of drug-likeness (QED) is 0.587. The summed E-state index contributed by atoms with van der Waals surface area (Å²) in [6, 6.07) is 0. The van der Waals surface area contributed by atoms with Crippen LogP contribution in [-0.2, 0) is 9.53 Å². The zero-order chi connectivity index (χ0) is 7.98. The number of esters is 1. The van der Waals surface area contributed by atoms with Gasteiger partial charge in [0.2, 0.25) is 0 Å². The van der Waals surface area contributed by atoms with Crippen LogP contribution in [0.15, 0.2) is 0 Å². The summed E-state index contributed by atoms with van der Waals surface area (Å²) in [6.07, 6.45) is 0.435. The molecule has 0 amide bonds. The van der Waals surface area contributed by atoms with Crippen molar-refractivity contribution in [3.8, 4) is 0 Å². The minimum Gasteiger partial charge on any atom is -0.466 e. The van der Waals surface area contributed by atoms with E-state index in [2.05, 4.69) is 0 Å². The number of carbonyl (C=O) groups excluding carboxylic acids is 1. The van der Waals surface area contributed by atoms with E-state index < -0.39 is 0 Å². The van der Waals surface area contributed by atoms with Crippen molar-refractivity contribution in [1.82, 2.24) is 0 Å². The number of ether oxygens (including phenoxy) is 1. The molecule has 0 fully saturated rings. The number of carbonyl (C=O) groups is 1. The first kappa shape index (κ1) is 9.43. The molecule has 0 spiro atoms. The maximum absolute atomic E-state index is 10.7. The Balaban J connectivity index is 3.37. The molecule has 0 aliphatic heterocycles. The predicted octanol–water partition coefficient (Wildman–Crippen LogP) is 0.534. The van der Waals surface area contributed by atoms with Crippen LogP contribution >= 0.6 is 0 Å². The number of hydrogen-bond donors (Lipinski definition) is 1. The SMILES string of the molecule is CCOC(=O)CC(C)CN. The van der Waals surface area contributed by atoms with E-state index in [-0.39, 0.29) is 11.9 Å². The van der Waals surface area contributed by atoms with Gasteiger partial charge in [-0.2, -0.15) is 0 Å². The van der Waals surface area contributed by atoms with Crippen LogP contribution in [0.3, 0.4) is 0 Å². The summed E-state index contributed by atoms with van der Waals surface area (Å²) in [5, 5.41) is 0. The van der Waals surface area contributed by atoms with E-state index in [1.165, 1.54) is 0 Å². The van der Waals surface area contributed by atoms with Crippen molar-refractivity contribution >= 4 is 5.97 Å². The second-order valence-corrected chi connectivity index (χ2v) is 2.35. The lowest BCUT2D eigenvalue weighted by Crippen LogP contribution is -2.16. The molecule has 1 atom stereocenters. The van der Waals surface area contributed by atoms with Gasteiger partial charge in [-0.3, -0.25) is 4.79 Å². The maximum Gasteiger partial charge on any atom is 0.306 e. The van der Waals surface area contributed by atoms with Gasteiger partial charge in [-0.1, -0.05) is 6.92 Å². The Morgan fingerprint density at radius 1 is 1.70 bits per heavy atom. The number of hydrogen-bond acceptors (Lipinski definition) is 3. The normalized spacial score (nSPS) is 12.7. The first-order chi connectivity index (χ1) is 4.70. The second kappa shape index (κ2) is 5.23. The van der Waals surface area contributed by atoms with Crippen LogP contribution in [0, 0.1) is 5.92 Å². The molecule has 0 saturated heterocycles. The molecule has 0 saturated carbocycles. The molecule has 3 heteroatoms. The third-order valence-corrected chi connectivity index (χ3v) is 1.22. The Morgan fingerprint density at radius 3 is 2.70 bits per heavy atom. The van der Waals surface area contributed by atoms with Gasteiger partial charge in [0, 0.05) is 6.42 Å². The molecule has 0 aliphatic carbocycles. The van der Waals surface area contributed by atoms with E-state index in [1.54, 1.807) is 6.92 Å². The monoisotopic (exact) mass is 145 g/mol. The lowest BCUT2D eigenvalue weighted by atomic mass is 10.1. The lowest BCUT2D eigenvalue weighted by Gasteiger charge is -2.06. The molecule has 0 heterocycles. The first-order valence-corrected chi connectivity index (χ1v) is 3.56. The molecule has 0 radical (unpaired) electrons. The van der Waals surface area contributed by atoms with E-state index in [1.807, 2.05) is 6.92 Å². The van der Waals surface area contributed by atoms with Gasteiger partial charge in [0.1, 0.15) is 0 Å².